The third-order valence-electron chi connectivity index (χ3n) is 4.82. The second-order valence-corrected chi connectivity index (χ2v) is 6.55. The molecular formula is C17H24N6O2. The predicted octanol–water partition coefficient (Wildman–Crippen LogP) is 1.21. The van der Waals surface area contributed by atoms with E-state index in [4.69, 9.17) is 9.84 Å². The number of anilines is 2. The summed E-state index contributed by atoms with van der Waals surface area (Å²) in [6.45, 7) is 2.58. The van der Waals surface area contributed by atoms with Crippen molar-refractivity contribution in [1.82, 2.24) is 20.2 Å². The highest BCUT2D eigenvalue weighted by Gasteiger charge is 2.21. The van der Waals surface area contributed by atoms with Crippen LogP contribution < -0.4 is 10.6 Å². The minimum Gasteiger partial charge on any atom is -0.395 e. The van der Waals surface area contributed by atoms with Gasteiger partial charge in [-0.3, -0.25) is 5.10 Å². The van der Waals surface area contributed by atoms with E-state index in [0.717, 1.165) is 43.1 Å². The molecule has 0 aromatic carbocycles. The van der Waals surface area contributed by atoms with Crippen LogP contribution in [0, 0.1) is 0 Å². The van der Waals surface area contributed by atoms with Crippen molar-refractivity contribution in [3.63, 3.8) is 0 Å². The van der Waals surface area contributed by atoms with Crippen LogP contribution in [0.4, 0.5) is 11.8 Å². The van der Waals surface area contributed by atoms with Crippen LogP contribution in [0.3, 0.4) is 0 Å². The Morgan fingerprint density at radius 2 is 2.24 bits per heavy atom. The Morgan fingerprint density at radius 1 is 1.28 bits per heavy atom. The molecule has 2 aromatic heterocycles. The molecule has 0 bridgehead atoms. The van der Waals surface area contributed by atoms with Crippen LogP contribution in [0.15, 0.2) is 6.07 Å². The summed E-state index contributed by atoms with van der Waals surface area (Å²) >= 11 is 0. The van der Waals surface area contributed by atoms with E-state index in [1.54, 1.807) is 0 Å². The summed E-state index contributed by atoms with van der Waals surface area (Å²) in [5.74, 6) is 1.60. The smallest absolute Gasteiger partial charge is 0.224 e. The monoisotopic (exact) mass is 344 g/mol. The van der Waals surface area contributed by atoms with Crippen LogP contribution in [0.5, 0.6) is 0 Å². The highest BCUT2D eigenvalue weighted by atomic mass is 16.5. The first-order chi connectivity index (χ1) is 12.3. The van der Waals surface area contributed by atoms with Gasteiger partial charge in [-0.25, -0.2) is 4.98 Å². The Bertz CT molecular complexity index is 726. The average Bonchev–Trinajstić information content (AvgIpc) is 3.36. The largest absolute Gasteiger partial charge is 0.395 e. The predicted molar refractivity (Wildman–Crippen MR) is 93.7 cm³/mol. The van der Waals surface area contributed by atoms with E-state index in [1.165, 1.54) is 17.7 Å². The summed E-state index contributed by atoms with van der Waals surface area (Å²) in [5, 5.41) is 23.0. The Balaban J connectivity index is 1.51. The summed E-state index contributed by atoms with van der Waals surface area (Å²) in [6, 6.07) is 2.00. The molecule has 0 spiro atoms. The number of ether oxygens (including phenoxy) is 1. The number of fused-ring (bicyclic) bond motifs is 1. The molecule has 0 unspecified atom stereocenters. The van der Waals surface area contributed by atoms with E-state index in [9.17, 15) is 0 Å². The minimum absolute atomic E-state index is 0.0439. The molecule has 1 aliphatic heterocycles. The molecule has 25 heavy (non-hydrogen) atoms. The Morgan fingerprint density at radius 3 is 3.08 bits per heavy atom. The molecule has 1 fully saturated rings. The van der Waals surface area contributed by atoms with Gasteiger partial charge >= 0.3 is 0 Å². The van der Waals surface area contributed by atoms with E-state index in [0.29, 0.717) is 31.6 Å². The third kappa shape index (κ3) is 3.59. The lowest BCUT2D eigenvalue weighted by molar-refractivity contribution is 0.193. The number of rotatable bonds is 7. The van der Waals surface area contributed by atoms with Crippen molar-refractivity contribution in [1.29, 1.82) is 0 Å². The molecule has 3 heterocycles. The number of aliphatic hydroxyl groups is 1. The maximum Gasteiger partial charge on any atom is 0.224 e. The van der Waals surface area contributed by atoms with Crippen molar-refractivity contribution < 1.29 is 9.84 Å². The molecule has 1 aliphatic carbocycles. The fourth-order valence-electron chi connectivity index (χ4n) is 3.49. The standard InChI is InChI=1S/C17H24N6O2/c24-6-5-18-17-20-14(11-4-7-25-10-11)8-16(21-17)19-9-15-12-2-1-3-13(12)22-23-15/h8,11,24H,1-7,9-10H2,(H,22,23)(H2,18,19,20,21)/t11-/m1/s1. The second kappa shape index (κ2) is 7.37. The first kappa shape index (κ1) is 16.3. The molecule has 0 amide bonds. The van der Waals surface area contributed by atoms with Crippen LogP contribution in [0.2, 0.25) is 0 Å². The third-order valence-corrected chi connectivity index (χ3v) is 4.82. The van der Waals surface area contributed by atoms with Crippen LogP contribution in [0.1, 0.15) is 41.4 Å². The number of H-pyrrole nitrogens is 1. The van der Waals surface area contributed by atoms with Crippen LogP contribution in [0.25, 0.3) is 0 Å². The topological polar surface area (TPSA) is 108 Å². The summed E-state index contributed by atoms with van der Waals surface area (Å²) in [6.07, 6.45) is 4.37. The van der Waals surface area contributed by atoms with Crippen LogP contribution in [-0.4, -0.2) is 51.6 Å². The van der Waals surface area contributed by atoms with E-state index >= 15 is 0 Å². The molecule has 0 radical (unpaired) electrons. The Hall–Kier alpha value is -2.19. The summed E-state index contributed by atoms with van der Waals surface area (Å²) < 4.78 is 5.49. The summed E-state index contributed by atoms with van der Waals surface area (Å²) in [4.78, 5) is 9.09. The lowest BCUT2D eigenvalue weighted by atomic mass is 10.0. The molecule has 4 N–H and O–H groups in total. The van der Waals surface area contributed by atoms with E-state index in [-0.39, 0.29) is 6.61 Å². The number of aryl methyl sites for hydroxylation is 1. The molecule has 8 heteroatoms. The van der Waals surface area contributed by atoms with Crippen LogP contribution in [-0.2, 0) is 24.1 Å². The quantitative estimate of drug-likeness (QED) is 0.598. The molecule has 1 atom stereocenters. The maximum absolute atomic E-state index is 9.03. The van der Waals surface area contributed by atoms with Gasteiger partial charge in [0, 0.05) is 30.8 Å². The van der Waals surface area contributed by atoms with Gasteiger partial charge < -0.3 is 20.5 Å². The van der Waals surface area contributed by atoms with Crippen molar-refractivity contribution in [3.05, 3.63) is 28.7 Å². The van der Waals surface area contributed by atoms with E-state index in [2.05, 4.69) is 30.8 Å². The number of hydrogen-bond acceptors (Lipinski definition) is 7. The molecule has 4 rings (SSSR count). The van der Waals surface area contributed by atoms with Crippen molar-refractivity contribution in [2.24, 2.45) is 0 Å². The SMILES string of the molecule is OCCNc1nc(NCc2n[nH]c3c2CCC3)cc([C@@H]2CCOC2)n1. The maximum atomic E-state index is 9.03. The van der Waals surface area contributed by atoms with Crippen molar-refractivity contribution in [3.8, 4) is 0 Å². The van der Waals surface area contributed by atoms with Crippen LogP contribution >= 0.6 is 0 Å². The molecule has 2 aliphatic rings. The van der Waals surface area contributed by atoms with Gasteiger partial charge in [-0.15, -0.1) is 0 Å². The van der Waals surface area contributed by atoms with E-state index in [1.807, 2.05) is 6.07 Å². The number of aromatic nitrogens is 4. The highest BCUT2D eigenvalue weighted by Crippen LogP contribution is 2.27. The van der Waals surface area contributed by atoms with Gasteiger partial charge in [-0.05, 0) is 31.2 Å². The fraction of sp³-hybridized carbons (Fsp3) is 0.588. The number of aliphatic hydroxyl groups excluding tert-OH is 1. The Labute approximate surface area is 146 Å². The molecule has 134 valence electrons. The van der Waals surface area contributed by atoms with Gasteiger partial charge in [0.1, 0.15) is 5.82 Å². The molecule has 2 aromatic rings. The first-order valence-electron chi connectivity index (χ1n) is 8.94. The zero-order chi connectivity index (χ0) is 17.1. The normalized spacial score (nSPS) is 19.2. The molecular weight excluding hydrogens is 320 g/mol. The van der Waals surface area contributed by atoms with Gasteiger partial charge in [0.15, 0.2) is 0 Å². The lowest BCUT2D eigenvalue weighted by Gasteiger charge is -2.13. The highest BCUT2D eigenvalue weighted by molar-refractivity contribution is 5.44. The number of nitrogens with one attached hydrogen (secondary N) is 3. The summed E-state index contributed by atoms with van der Waals surface area (Å²) in [7, 11) is 0. The average molecular weight is 344 g/mol. The fourth-order valence-corrected chi connectivity index (χ4v) is 3.49. The molecule has 8 nitrogen and oxygen atoms in total. The van der Waals surface area contributed by atoms with Gasteiger partial charge in [0.05, 0.1) is 31.1 Å². The van der Waals surface area contributed by atoms with Gasteiger partial charge in [-0.2, -0.15) is 10.1 Å². The minimum atomic E-state index is 0.0439. The Kier molecular flexibility index (Phi) is 4.80. The van der Waals surface area contributed by atoms with Crippen molar-refractivity contribution in [2.45, 2.75) is 38.1 Å². The zero-order valence-corrected chi connectivity index (χ0v) is 14.2. The second-order valence-electron chi connectivity index (χ2n) is 6.55. The number of nitrogens with zero attached hydrogens (tertiary/aromatic N) is 3. The van der Waals surface area contributed by atoms with Gasteiger partial charge in [0.25, 0.3) is 0 Å². The lowest BCUT2D eigenvalue weighted by Crippen LogP contribution is -2.13. The molecule has 0 saturated carbocycles. The number of aromatic amines is 1. The van der Waals surface area contributed by atoms with E-state index < -0.39 is 0 Å². The van der Waals surface area contributed by atoms with Crippen molar-refractivity contribution >= 4 is 11.8 Å². The number of hydrogen-bond donors (Lipinski definition) is 4. The summed E-state index contributed by atoms with van der Waals surface area (Å²) in [5.41, 5.74) is 4.67. The first-order valence-corrected chi connectivity index (χ1v) is 8.94. The van der Waals surface area contributed by atoms with Gasteiger partial charge in [0.2, 0.25) is 5.95 Å². The zero-order valence-electron chi connectivity index (χ0n) is 14.2. The molecule has 1 saturated heterocycles. The van der Waals surface area contributed by atoms with Gasteiger partial charge in [-0.1, -0.05) is 0 Å². The van der Waals surface area contributed by atoms with Crippen molar-refractivity contribution in [2.75, 3.05) is 37.0 Å².